The average molecular weight is 260 g/mol. The Morgan fingerprint density at radius 2 is 1.83 bits per heavy atom. The number of hydrogen-bond donors (Lipinski definition) is 0. The molecule has 0 radical (unpaired) electrons. The van der Waals surface area contributed by atoms with E-state index in [0.717, 1.165) is 5.56 Å². The Balaban J connectivity index is 2.38. The molecule has 1 amide bonds. The maximum Gasteiger partial charge on any atom is 0.276 e. The molecule has 1 aliphatic rings. The van der Waals surface area contributed by atoms with Crippen molar-refractivity contribution in [3.8, 4) is 0 Å². The van der Waals surface area contributed by atoms with E-state index in [0.29, 0.717) is 10.8 Å². The molecule has 4 heteroatoms. The van der Waals surface area contributed by atoms with Crippen LogP contribution in [0.1, 0.15) is 19.4 Å². The van der Waals surface area contributed by atoms with Crippen molar-refractivity contribution in [2.24, 2.45) is 0 Å². The van der Waals surface area contributed by atoms with Crippen LogP contribution in [-0.4, -0.2) is 33.9 Å². The largest absolute Gasteiger partial charge is 0.317 e. The second-order valence-corrected chi connectivity index (χ2v) is 4.92. The van der Waals surface area contributed by atoms with E-state index in [1.165, 1.54) is 0 Å². The van der Waals surface area contributed by atoms with Gasteiger partial charge in [-0.05, 0) is 37.7 Å². The summed E-state index contributed by atoms with van der Waals surface area (Å²) in [5.41, 5.74) is 1.63. The lowest BCUT2D eigenvalue weighted by molar-refractivity contribution is -0.123. The fourth-order valence-corrected chi connectivity index (χ4v) is 2.33. The molecule has 0 unspecified atom stereocenters. The minimum atomic E-state index is -0.0265. The quantitative estimate of drug-likeness (QED) is 0.603. The fourth-order valence-electron chi connectivity index (χ4n) is 1.94. The van der Waals surface area contributed by atoms with Crippen LogP contribution < -0.4 is 0 Å². The van der Waals surface area contributed by atoms with Crippen LogP contribution in [0.2, 0.25) is 0 Å². The SMILES string of the molecule is CC(C)N1C(=O)/C(=C\c2ccccc2)N(C)C1=S. The van der Waals surface area contributed by atoms with E-state index >= 15 is 0 Å². The van der Waals surface area contributed by atoms with E-state index in [2.05, 4.69) is 0 Å². The molecular weight excluding hydrogens is 244 g/mol. The minimum absolute atomic E-state index is 0.0265. The Kier molecular flexibility index (Phi) is 3.48. The summed E-state index contributed by atoms with van der Waals surface area (Å²) in [5, 5.41) is 0.567. The molecule has 1 aromatic rings. The smallest absolute Gasteiger partial charge is 0.276 e. The van der Waals surface area contributed by atoms with Gasteiger partial charge in [-0.3, -0.25) is 9.69 Å². The van der Waals surface area contributed by atoms with Crippen molar-refractivity contribution >= 4 is 29.3 Å². The molecule has 1 fully saturated rings. The molecule has 0 spiro atoms. The maximum atomic E-state index is 12.3. The number of benzene rings is 1. The maximum absolute atomic E-state index is 12.3. The predicted octanol–water partition coefficient (Wildman–Crippen LogP) is 2.49. The Morgan fingerprint density at radius 3 is 2.33 bits per heavy atom. The number of thiocarbonyl (C=S) groups is 1. The summed E-state index contributed by atoms with van der Waals surface area (Å²) in [5.74, 6) is -0.0265. The van der Waals surface area contributed by atoms with Crippen LogP contribution in [-0.2, 0) is 4.79 Å². The van der Waals surface area contributed by atoms with Crippen molar-refractivity contribution in [1.29, 1.82) is 0 Å². The second kappa shape index (κ2) is 4.90. The van der Waals surface area contributed by atoms with Gasteiger partial charge in [-0.25, -0.2) is 0 Å². The zero-order valence-corrected chi connectivity index (χ0v) is 11.6. The van der Waals surface area contributed by atoms with Gasteiger partial charge in [0, 0.05) is 13.1 Å². The van der Waals surface area contributed by atoms with Gasteiger partial charge in [0.25, 0.3) is 5.91 Å². The van der Waals surface area contributed by atoms with Gasteiger partial charge in [0.2, 0.25) is 0 Å². The summed E-state index contributed by atoms with van der Waals surface area (Å²) in [4.78, 5) is 15.7. The van der Waals surface area contributed by atoms with Crippen LogP contribution in [0.5, 0.6) is 0 Å². The van der Waals surface area contributed by atoms with E-state index in [4.69, 9.17) is 12.2 Å². The van der Waals surface area contributed by atoms with Crippen molar-refractivity contribution in [2.75, 3.05) is 7.05 Å². The summed E-state index contributed by atoms with van der Waals surface area (Å²) in [6.07, 6.45) is 1.87. The van der Waals surface area contributed by atoms with Crippen molar-refractivity contribution in [3.63, 3.8) is 0 Å². The van der Waals surface area contributed by atoms with E-state index in [1.54, 1.807) is 9.80 Å². The van der Waals surface area contributed by atoms with Crippen LogP contribution in [0.3, 0.4) is 0 Å². The topological polar surface area (TPSA) is 23.6 Å². The average Bonchev–Trinajstić information content (AvgIpc) is 2.55. The summed E-state index contributed by atoms with van der Waals surface area (Å²) < 4.78 is 0. The number of nitrogens with zero attached hydrogens (tertiary/aromatic N) is 2. The Bertz CT molecular complexity index is 508. The molecule has 18 heavy (non-hydrogen) atoms. The highest BCUT2D eigenvalue weighted by Gasteiger charge is 2.36. The molecule has 1 heterocycles. The van der Waals surface area contributed by atoms with Crippen LogP contribution >= 0.6 is 12.2 Å². The van der Waals surface area contributed by atoms with Gasteiger partial charge >= 0.3 is 0 Å². The standard InChI is InChI=1S/C14H16N2OS/c1-10(2)16-13(17)12(15(3)14(16)18)9-11-7-5-4-6-8-11/h4-10H,1-3H3/b12-9+. The Labute approximate surface area is 113 Å². The number of rotatable bonds is 2. The number of likely N-dealkylation sites (N-methyl/N-ethyl adjacent to an activating group) is 1. The van der Waals surface area contributed by atoms with Crippen molar-refractivity contribution in [1.82, 2.24) is 9.80 Å². The van der Waals surface area contributed by atoms with E-state index in [9.17, 15) is 4.79 Å². The van der Waals surface area contributed by atoms with Crippen LogP contribution in [0.25, 0.3) is 6.08 Å². The second-order valence-electron chi connectivity index (χ2n) is 4.55. The summed E-state index contributed by atoms with van der Waals surface area (Å²) in [6.45, 7) is 3.92. The van der Waals surface area contributed by atoms with E-state index in [-0.39, 0.29) is 11.9 Å². The van der Waals surface area contributed by atoms with Gasteiger partial charge in [-0.1, -0.05) is 30.3 Å². The van der Waals surface area contributed by atoms with Crippen LogP contribution in [0.4, 0.5) is 0 Å². The highest BCUT2D eigenvalue weighted by atomic mass is 32.1. The molecule has 3 nitrogen and oxygen atoms in total. The highest BCUT2D eigenvalue weighted by molar-refractivity contribution is 7.80. The Hall–Kier alpha value is -1.68. The first kappa shape index (κ1) is 12.8. The third kappa shape index (κ3) is 2.16. The molecular formula is C14H16N2OS. The highest BCUT2D eigenvalue weighted by Crippen LogP contribution is 2.23. The number of carbonyl (C=O) groups excluding carboxylic acids is 1. The zero-order chi connectivity index (χ0) is 13.3. The van der Waals surface area contributed by atoms with Crippen molar-refractivity contribution < 1.29 is 4.79 Å². The van der Waals surface area contributed by atoms with E-state index in [1.807, 2.05) is 57.3 Å². The van der Waals surface area contributed by atoms with Gasteiger partial charge in [-0.2, -0.15) is 0 Å². The minimum Gasteiger partial charge on any atom is -0.317 e. The number of carbonyl (C=O) groups is 1. The monoisotopic (exact) mass is 260 g/mol. The van der Waals surface area contributed by atoms with Gasteiger partial charge in [0.15, 0.2) is 5.11 Å². The predicted molar refractivity (Wildman–Crippen MR) is 76.8 cm³/mol. The molecule has 1 aromatic carbocycles. The molecule has 94 valence electrons. The molecule has 0 atom stereocenters. The van der Waals surface area contributed by atoms with Gasteiger partial charge in [0.05, 0.1) is 0 Å². The molecule has 0 aliphatic carbocycles. The number of amides is 1. The fraction of sp³-hybridized carbons (Fsp3) is 0.286. The van der Waals surface area contributed by atoms with Gasteiger partial charge in [0.1, 0.15) is 5.70 Å². The van der Waals surface area contributed by atoms with Gasteiger partial charge < -0.3 is 4.90 Å². The molecule has 1 aliphatic heterocycles. The van der Waals surface area contributed by atoms with Crippen LogP contribution in [0, 0.1) is 0 Å². The first-order valence-corrected chi connectivity index (χ1v) is 6.31. The zero-order valence-electron chi connectivity index (χ0n) is 10.8. The third-order valence-electron chi connectivity index (χ3n) is 2.91. The first-order chi connectivity index (χ1) is 8.52. The normalized spacial score (nSPS) is 18.3. The molecule has 1 saturated heterocycles. The Morgan fingerprint density at radius 1 is 1.22 bits per heavy atom. The molecule has 2 rings (SSSR count). The molecule has 0 bridgehead atoms. The number of hydrogen-bond acceptors (Lipinski definition) is 2. The molecule has 0 aromatic heterocycles. The summed E-state index contributed by atoms with van der Waals surface area (Å²) in [7, 11) is 1.83. The summed E-state index contributed by atoms with van der Waals surface area (Å²) in [6, 6.07) is 9.86. The lowest BCUT2D eigenvalue weighted by atomic mass is 10.2. The van der Waals surface area contributed by atoms with Crippen LogP contribution in [0.15, 0.2) is 36.0 Å². The van der Waals surface area contributed by atoms with Gasteiger partial charge in [-0.15, -0.1) is 0 Å². The third-order valence-corrected chi connectivity index (χ3v) is 3.38. The summed E-state index contributed by atoms with van der Waals surface area (Å²) >= 11 is 5.30. The lowest BCUT2D eigenvalue weighted by Gasteiger charge is -2.19. The first-order valence-electron chi connectivity index (χ1n) is 5.90. The van der Waals surface area contributed by atoms with E-state index < -0.39 is 0 Å². The van der Waals surface area contributed by atoms with Crippen molar-refractivity contribution in [2.45, 2.75) is 19.9 Å². The molecule has 0 N–H and O–H groups in total. The van der Waals surface area contributed by atoms with Crippen molar-refractivity contribution in [3.05, 3.63) is 41.6 Å². The lowest BCUT2D eigenvalue weighted by Crippen LogP contribution is -2.36. The molecule has 0 saturated carbocycles.